The number of hydrogen-bond donors (Lipinski definition) is 1. The van der Waals surface area contributed by atoms with Crippen LogP contribution in [0.25, 0.3) is 0 Å². The van der Waals surface area contributed by atoms with Crippen LogP contribution in [0.3, 0.4) is 0 Å². The molecule has 0 aliphatic carbocycles. The summed E-state index contributed by atoms with van der Waals surface area (Å²) >= 11 is 0. The van der Waals surface area contributed by atoms with Gasteiger partial charge in [-0.1, -0.05) is 12.1 Å². The van der Waals surface area contributed by atoms with Crippen molar-refractivity contribution < 1.29 is 28.5 Å². The number of esters is 1. The first-order valence-corrected chi connectivity index (χ1v) is 7.87. The maximum absolute atomic E-state index is 12.3. The Bertz CT molecular complexity index is 789. The molecule has 0 aliphatic heterocycles. The van der Waals surface area contributed by atoms with Gasteiger partial charge < -0.3 is 24.3 Å². The molecular formula is C19H21NO6. The Morgan fingerprint density at radius 2 is 1.54 bits per heavy atom. The lowest BCUT2D eigenvalue weighted by Gasteiger charge is -2.15. The molecule has 0 fully saturated rings. The maximum Gasteiger partial charge on any atom is 0.339 e. The molecule has 2 rings (SSSR count). The smallest absolute Gasteiger partial charge is 0.339 e. The zero-order valence-corrected chi connectivity index (χ0v) is 15.1. The van der Waals surface area contributed by atoms with Gasteiger partial charge >= 0.3 is 5.97 Å². The monoisotopic (exact) mass is 359 g/mol. The fourth-order valence-corrected chi connectivity index (χ4v) is 2.23. The van der Waals surface area contributed by atoms with Gasteiger partial charge in [0.1, 0.15) is 5.75 Å². The second-order valence-electron chi connectivity index (χ2n) is 5.31. The van der Waals surface area contributed by atoms with E-state index in [9.17, 15) is 9.59 Å². The molecule has 0 radical (unpaired) electrons. The van der Waals surface area contributed by atoms with E-state index in [2.05, 4.69) is 5.32 Å². The Labute approximate surface area is 151 Å². The minimum Gasteiger partial charge on any atom is -0.495 e. The normalized spacial score (nSPS) is 11.2. The summed E-state index contributed by atoms with van der Waals surface area (Å²) in [4.78, 5) is 24.6. The van der Waals surface area contributed by atoms with E-state index >= 15 is 0 Å². The van der Waals surface area contributed by atoms with Crippen molar-refractivity contribution in [3.05, 3.63) is 48.0 Å². The molecule has 7 heteroatoms. The minimum absolute atomic E-state index is 0.250. The molecule has 1 atom stereocenters. The summed E-state index contributed by atoms with van der Waals surface area (Å²) in [7, 11) is 4.47. The fourth-order valence-electron chi connectivity index (χ4n) is 2.23. The summed E-state index contributed by atoms with van der Waals surface area (Å²) in [6.45, 7) is 1.49. The van der Waals surface area contributed by atoms with E-state index in [1.165, 1.54) is 40.4 Å². The maximum atomic E-state index is 12.3. The largest absolute Gasteiger partial charge is 0.495 e. The molecule has 2 aromatic rings. The zero-order chi connectivity index (χ0) is 19.1. The summed E-state index contributed by atoms with van der Waals surface area (Å²) in [6.07, 6.45) is -1.000. The third-order valence-electron chi connectivity index (χ3n) is 3.64. The first kappa shape index (κ1) is 19.1. The summed E-state index contributed by atoms with van der Waals surface area (Å²) in [5, 5.41) is 2.67. The minimum atomic E-state index is -1.000. The van der Waals surface area contributed by atoms with Crippen molar-refractivity contribution in [2.24, 2.45) is 0 Å². The van der Waals surface area contributed by atoms with Crippen LogP contribution in [0.5, 0.6) is 17.2 Å². The van der Waals surface area contributed by atoms with Crippen LogP contribution in [0.15, 0.2) is 42.5 Å². The van der Waals surface area contributed by atoms with E-state index in [1.807, 2.05) is 0 Å². The van der Waals surface area contributed by atoms with Crippen LogP contribution in [0.1, 0.15) is 17.3 Å². The number of hydrogen-bond acceptors (Lipinski definition) is 6. The number of nitrogens with one attached hydrogen (secondary N) is 1. The first-order valence-electron chi connectivity index (χ1n) is 7.87. The van der Waals surface area contributed by atoms with Gasteiger partial charge in [0.15, 0.2) is 17.6 Å². The van der Waals surface area contributed by atoms with Crippen molar-refractivity contribution in [1.82, 2.24) is 0 Å². The number of ether oxygens (including phenoxy) is 4. The third kappa shape index (κ3) is 4.44. The molecule has 0 heterocycles. The number of carbonyl (C=O) groups is 2. The number of amides is 1. The molecule has 2 aromatic carbocycles. The molecule has 1 amide bonds. The van der Waals surface area contributed by atoms with Crippen LogP contribution in [-0.2, 0) is 9.53 Å². The summed E-state index contributed by atoms with van der Waals surface area (Å²) in [5.41, 5.74) is 0.744. The molecule has 0 unspecified atom stereocenters. The average molecular weight is 359 g/mol. The van der Waals surface area contributed by atoms with E-state index < -0.39 is 18.0 Å². The first-order chi connectivity index (χ1) is 12.5. The van der Waals surface area contributed by atoms with Gasteiger partial charge in [-0.25, -0.2) is 4.79 Å². The van der Waals surface area contributed by atoms with E-state index in [4.69, 9.17) is 18.9 Å². The van der Waals surface area contributed by atoms with Crippen molar-refractivity contribution in [2.45, 2.75) is 13.0 Å². The number of anilines is 1. The topological polar surface area (TPSA) is 83.1 Å². The SMILES string of the molecule is COc1ccccc1NC(=O)[C@H](C)OC(=O)c1ccc(OC)c(OC)c1. The molecule has 0 aromatic heterocycles. The van der Waals surface area contributed by atoms with Gasteiger partial charge in [-0.3, -0.25) is 4.79 Å². The van der Waals surface area contributed by atoms with Crippen molar-refractivity contribution >= 4 is 17.6 Å². The molecule has 0 saturated carbocycles. The summed E-state index contributed by atoms with van der Waals surface area (Å²) < 4.78 is 20.7. The van der Waals surface area contributed by atoms with Gasteiger partial charge in [0, 0.05) is 0 Å². The van der Waals surface area contributed by atoms with E-state index in [0.29, 0.717) is 22.9 Å². The third-order valence-corrected chi connectivity index (χ3v) is 3.64. The molecule has 7 nitrogen and oxygen atoms in total. The Morgan fingerprint density at radius 3 is 2.19 bits per heavy atom. The zero-order valence-electron chi connectivity index (χ0n) is 15.1. The molecule has 0 bridgehead atoms. The van der Waals surface area contributed by atoms with Crippen molar-refractivity contribution in [3.63, 3.8) is 0 Å². The Hall–Kier alpha value is -3.22. The van der Waals surface area contributed by atoms with Gasteiger partial charge in [-0.05, 0) is 37.3 Å². The quantitative estimate of drug-likeness (QED) is 0.766. The van der Waals surface area contributed by atoms with Crippen LogP contribution >= 0.6 is 0 Å². The van der Waals surface area contributed by atoms with Crippen molar-refractivity contribution in [2.75, 3.05) is 26.6 Å². The highest BCUT2D eigenvalue weighted by Crippen LogP contribution is 2.28. The predicted molar refractivity (Wildman–Crippen MR) is 96.0 cm³/mol. The van der Waals surface area contributed by atoms with Gasteiger partial charge in [-0.2, -0.15) is 0 Å². The Morgan fingerprint density at radius 1 is 0.885 bits per heavy atom. The van der Waals surface area contributed by atoms with E-state index in [0.717, 1.165) is 0 Å². The van der Waals surface area contributed by atoms with Crippen LogP contribution in [0, 0.1) is 0 Å². The molecule has 0 spiro atoms. The van der Waals surface area contributed by atoms with Crippen molar-refractivity contribution in [1.29, 1.82) is 0 Å². The van der Waals surface area contributed by atoms with Crippen LogP contribution in [-0.4, -0.2) is 39.3 Å². The Balaban J connectivity index is 2.05. The van der Waals surface area contributed by atoms with E-state index in [-0.39, 0.29) is 5.56 Å². The lowest BCUT2D eigenvalue weighted by Crippen LogP contribution is -2.30. The highest BCUT2D eigenvalue weighted by Gasteiger charge is 2.21. The summed E-state index contributed by atoms with van der Waals surface area (Å²) in [6, 6.07) is 11.6. The van der Waals surface area contributed by atoms with Crippen LogP contribution in [0.2, 0.25) is 0 Å². The van der Waals surface area contributed by atoms with Crippen LogP contribution < -0.4 is 19.5 Å². The molecule has 138 valence electrons. The highest BCUT2D eigenvalue weighted by atomic mass is 16.5. The van der Waals surface area contributed by atoms with Gasteiger partial charge in [0.2, 0.25) is 0 Å². The average Bonchev–Trinajstić information content (AvgIpc) is 2.67. The molecule has 0 aliphatic rings. The number of benzene rings is 2. The lowest BCUT2D eigenvalue weighted by atomic mass is 10.2. The highest BCUT2D eigenvalue weighted by molar-refractivity contribution is 5.98. The summed E-state index contributed by atoms with van der Waals surface area (Å²) in [5.74, 6) is 0.287. The van der Waals surface area contributed by atoms with E-state index in [1.54, 1.807) is 30.3 Å². The molecular weight excluding hydrogens is 338 g/mol. The fraction of sp³-hybridized carbons (Fsp3) is 0.263. The molecule has 0 saturated heterocycles. The molecule has 26 heavy (non-hydrogen) atoms. The molecule has 1 N–H and O–H groups in total. The number of methoxy groups -OCH3 is 3. The predicted octanol–water partition coefficient (Wildman–Crippen LogP) is 2.90. The van der Waals surface area contributed by atoms with Gasteiger partial charge in [-0.15, -0.1) is 0 Å². The Kier molecular flexibility index (Phi) is 6.43. The lowest BCUT2D eigenvalue weighted by molar-refractivity contribution is -0.123. The number of carbonyl (C=O) groups excluding carboxylic acids is 2. The van der Waals surface area contributed by atoms with Crippen LogP contribution in [0.4, 0.5) is 5.69 Å². The van der Waals surface area contributed by atoms with Gasteiger partial charge in [0.25, 0.3) is 5.91 Å². The number of para-hydroxylation sites is 2. The van der Waals surface area contributed by atoms with Gasteiger partial charge in [0.05, 0.1) is 32.6 Å². The second-order valence-corrected chi connectivity index (χ2v) is 5.31. The number of rotatable bonds is 7. The van der Waals surface area contributed by atoms with Crippen molar-refractivity contribution in [3.8, 4) is 17.2 Å². The standard InChI is InChI=1S/C19H21NO6/c1-12(18(21)20-14-7-5-6-8-15(14)23-2)26-19(22)13-9-10-16(24-3)17(11-13)25-4/h5-12H,1-4H3,(H,20,21)/t12-/m0/s1. The second kappa shape index (κ2) is 8.75.